The highest BCUT2D eigenvalue weighted by atomic mass is 16.2. The summed E-state index contributed by atoms with van der Waals surface area (Å²) >= 11 is 0. The van der Waals surface area contributed by atoms with E-state index in [1.165, 1.54) is 17.7 Å². The number of anilines is 1. The van der Waals surface area contributed by atoms with Gasteiger partial charge in [-0.1, -0.05) is 32.0 Å². The molecule has 1 saturated heterocycles. The quantitative estimate of drug-likeness (QED) is 0.641. The fourth-order valence-corrected chi connectivity index (χ4v) is 4.83. The first-order valence-electron chi connectivity index (χ1n) is 11.8. The third-order valence-corrected chi connectivity index (χ3v) is 6.36. The maximum Gasteiger partial charge on any atom is 0.241 e. The number of amides is 1. The van der Waals surface area contributed by atoms with Crippen LogP contribution in [0.3, 0.4) is 0 Å². The van der Waals surface area contributed by atoms with Crippen molar-refractivity contribution in [2.24, 2.45) is 7.05 Å². The van der Waals surface area contributed by atoms with Crippen LogP contribution >= 0.6 is 0 Å². The molecule has 0 spiro atoms. The highest BCUT2D eigenvalue weighted by Gasteiger charge is 2.32. The fraction of sp³-hybridized carbons (Fsp3) is 0.423. The number of nitrogens with zero attached hydrogens (tertiary/aromatic N) is 4. The summed E-state index contributed by atoms with van der Waals surface area (Å²) in [6.07, 6.45) is 9.02. The van der Waals surface area contributed by atoms with Crippen molar-refractivity contribution in [1.29, 1.82) is 0 Å². The smallest absolute Gasteiger partial charge is 0.241 e. The van der Waals surface area contributed by atoms with Gasteiger partial charge in [-0.25, -0.2) is 0 Å². The van der Waals surface area contributed by atoms with E-state index in [1.54, 1.807) is 6.20 Å². The summed E-state index contributed by atoms with van der Waals surface area (Å²) in [6, 6.07) is 11.8. The van der Waals surface area contributed by atoms with E-state index in [-0.39, 0.29) is 11.9 Å². The maximum atomic E-state index is 13.0. The summed E-state index contributed by atoms with van der Waals surface area (Å²) in [5, 5.41) is 7.86. The Balaban J connectivity index is 0.00000119. The molecule has 2 aromatic heterocycles. The number of carbonyl (C=O) groups is 1. The van der Waals surface area contributed by atoms with Crippen molar-refractivity contribution >= 4 is 11.6 Å². The lowest BCUT2D eigenvalue weighted by Crippen LogP contribution is -2.39. The van der Waals surface area contributed by atoms with Gasteiger partial charge in [-0.15, -0.1) is 0 Å². The number of pyridine rings is 1. The van der Waals surface area contributed by atoms with Crippen molar-refractivity contribution in [3.05, 3.63) is 65.7 Å². The molecule has 0 radical (unpaired) electrons. The highest BCUT2D eigenvalue weighted by Crippen LogP contribution is 2.28. The van der Waals surface area contributed by atoms with Crippen molar-refractivity contribution in [2.45, 2.75) is 58.5 Å². The van der Waals surface area contributed by atoms with Crippen molar-refractivity contribution in [3.63, 3.8) is 0 Å². The van der Waals surface area contributed by atoms with E-state index in [1.807, 2.05) is 68.2 Å². The zero-order valence-corrected chi connectivity index (χ0v) is 19.3. The standard InChI is InChI=1S/C24H27N5O.C2H6/c1-28-22-7-2-6-20(22)21(27-28)16-29-14-4-8-23(29)24(30)26-19-11-9-17(10-12-19)18-5-3-13-25-15-18;1-2/h3,5,9-13,15,23H,2,4,6-8,14,16H2,1H3,(H,26,30);1-2H3. The predicted molar refractivity (Wildman–Crippen MR) is 128 cm³/mol. The average Bonchev–Trinajstić information content (AvgIpc) is 3.56. The number of aryl methyl sites for hydroxylation is 1. The Morgan fingerprint density at radius 2 is 1.91 bits per heavy atom. The van der Waals surface area contributed by atoms with Crippen LogP contribution in [-0.2, 0) is 31.2 Å². The summed E-state index contributed by atoms with van der Waals surface area (Å²) in [5.41, 5.74) is 6.94. The number of rotatable bonds is 5. The van der Waals surface area contributed by atoms with Crippen LogP contribution in [0.25, 0.3) is 11.1 Å². The van der Waals surface area contributed by atoms with E-state index >= 15 is 0 Å². The molecule has 5 rings (SSSR count). The average molecular weight is 432 g/mol. The number of nitrogens with one attached hydrogen (secondary N) is 1. The summed E-state index contributed by atoms with van der Waals surface area (Å²) < 4.78 is 2.03. The minimum Gasteiger partial charge on any atom is -0.325 e. The number of aromatic nitrogens is 3. The van der Waals surface area contributed by atoms with Gasteiger partial charge in [-0.2, -0.15) is 5.10 Å². The van der Waals surface area contributed by atoms with Gasteiger partial charge in [0.15, 0.2) is 0 Å². The molecule has 32 heavy (non-hydrogen) atoms. The molecule has 6 heteroatoms. The van der Waals surface area contributed by atoms with Gasteiger partial charge in [0.25, 0.3) is 0 Å². The Morgan fingerprint density at radius 1 is 1.09 bits per heavy atom. The van der Waals surface area contributed by atoms with Crippen LogP contribution < -0.4 is 5.32 Å². The van der Waals surface area contributed by atoms with Gasteiger partial charge in [0, 0.05) is 37.4 Å². The van der Waals surface area contributed by atoms with Crippen LogP contribution in [0.15, 0.2) is 48.8 Å². The summed E-state index contributed by atoms with van der Waals surface area (Å²) in [4.78, 5) is 19.5. The lowest BCUT2D eigenvalue weighted by molar-refractivity contribution is -0.120. The van der Waals surface area contributed by atoms with Gasteiger partial charge < -0.3 is 5.32 Å². The molecular formula is C26H33N5O. The minimum atomic E-state index is -0.0953. The van der Waals surface area contributed by atoms with E-state index < -0.39 is 0 Å². The summed E-state index contributed by atoms with van der Waals surface area (Å²) in [5.74, 6) is 0.0780. The van der Waals surface area contributed by atoms with Gasteiger partial charge in [0.1, 0.15) is 0 Å². The van der Waals surface area contributed by atoms with E-state index in [2.05, 4.69) is 15.2 Å². The molecule has 6 nitrogen and oxygen atoms in total. The lowest BCUT2D eigenvalue weighted by Gasteiger charge is -2.23. The topological polar surface area (TPSA) is 63.1 Å². The molecule has 0 bridgehead atoms. The third kappa shape index (κ3) is 4.60. The van der Waals surface area contributed by atoms with Crippen molar-refractivity contribution in [2.75, 3.05) is 11.9 Å². The Bertz CT molecular complexity index is 1040. The maximum absolute atomic E-state index is 13.0. The molecular weight excluding hydrogens is 398 g/mol. The van der Waals surface area contributed by atoms with E-state index in [4.69, 9.17) is 5.10 Å². The molecule has 1 N–H and O–H groups in total. The van der Waals surface area contributed by atoms with Crippen LogP contribution in [-0.4, -0.2) is 38.2 Å². The third-order valence-electron chi connectivity index (χ3n) is 6.36. The number of hydrogen-bond acceptors (Lipinski definition) is 4. The van der Waals surface area contributed by atoms with E-state index in [0.29, 0.717) is 0 Å². The second-order valence-electron chi connectivity index (χ2n) is 8.29. The first-order chi connectivity index (χ1) is 15.7. The number of likely N-dealkylation sites (tertiary alicyclic amines) is 1. The van der Waals surface area contributed by atoms with Crippen LogP contribution in [0.5, 0.6) is 0 Å². The van der Waals surface area contributed by atoms with Gasteiger partial charge in [-0.05, 0) is 73.5 Å². The number of carbonyl (C=O) groups excluding carboxylic acids is 1. The molecule has 3 heterocycles. The summed E-state index contributed by atoms with van der Waals surface area (Å²) in [7, 11) is 2.04. The van der Waals surface area contributed by atoms with Crippen molar-refractivity contribution in [1.82, 2.24) is 19.7 Å². The van der Waals surface area contributed by atoms with Crippen molar-refractivity contribution in [3.8, 4) is 11.1 Å². The van der Waals surface area contributed by atoms with Crippen LogP contribution in [0, 0.1) is 0 Å². The van der Waals surface area contributed by atoms with Crippen molar-refractivity contribution < 1.29 is 4.79 Å². The van der Waals surface area contributed by atoms with Gasteiger partial charge in [0.05, 0.1) is 11.7 Å². The molecule has 168 valence electrons. The van der Waals surface area contributed by atoms with Gasteiger partial charge >= 0.3 is 0 Å². The lowest BCUT2D eigenvalue weighted by atomic mass is 10.1. The minimum absolute atomic E-state index is 0.0780. The zero-order valence-electron chi connectivity index (χ0n) is 19.3. The number of fused-ring (bicyclic) bond motifs is 1. The van der Waals surface area contributed by atoms with Crippen LogP contribution in [0.2, 0.25) is 0 Å². The van der Waals surface area contributed by atoms with Crippen LogP contribution in [0.1, 0.15) is 50.1 Å². The summed E-state index contributed by atoms with van der Waals surface area (Å²) in [6.45, 7) is 5.71. The fourth-order valence-electron chi connectivity index (χ4n) is 4.83. The van der Waals surface area contributed by atoms with Gasteiger partial charge in [0.2, 0.25) is 5.91 Å². The van der Waals surface area contributed by atoms with Crippen LogP contribution in [0.4, 0.5) is 5.69 Å². The molecule has 1 unspecified atom stereocenters. The number of benzene rings is 1. The molecule has 1 atom stereocenters. The first-order valence-corrected chi connectivity index (χ1v) is 11.8. The van der Waals surface area contributed by atoms with E-state index in [9.17, 15) is 4.79 Å². The normalized spacial score (nSPS) is 17.5. The molecule has 1 aromatic carbocycles. The Hall–Kier alpha value is -2.99. The Kier molecular flexibility index (Phi) is 7.00. The molecule has 0 saturated carbocycles. The number of hydrogen-bond donors (Lipinski definition) is 1. The molecule has 2 aliphatic rings. The SMILES string of the molecule is CC.Cn1nc(CN2CCCC2C(=O)Nc2ccc(-c3cccnc3)cc2)c2c1CCC2. The van der Waals surface area contributed by atoms with Gasteiger partial charge in [-0.3, -0.25) is 19.4 Å². The van der Waals surface area contributed by atoms with E-state index in [0.717, 1.165) is 61.3 Å². The largest absolute Gasteiger partial charge is 0.325 e. The zero-order chi connectivity index (χ0) is 22.5. The molecule has 1 amide bonds. The second kappa shape index (κ2) is 10.1. The highest BCUT2D eigenvalue weighted by molar-refractivity contribution is 5.95. The molecule has 1 fully saturated rings. The molecule has 1 aliphatic carbocycles. The molecule has 1 aliphatic heterocycles. The molecule has 3 aromatic rings. The second-order valence-corrected chi connectivity index (χ2v) is 8.29. The Morgan fingerprint density at radius 3 is 2.66 bits per heavy atom. The Labute approximate surface area is 190 Å². The monoisotopic (exact) mass is 431 g/mol. The first kappa shape index (κ1) is 22.2. The predicted octanol–water partition coefficient (Wildman–Crippen LogP) is 4.60.